The molecule has 0 bridgehead atoms. The van der Waals surface area contributed by atoms with Crippen molar-refractivity contribution in [1.29, 1.82) is 0 Å². The van der Waals surface area contributed by atoms with Crippen LogP contribution in [-0.4, -0.2) is 42.5 Å². The average molecular weight is 213 g/mol. The third-order valence-corrected chi connectivity index (χ3v) is 2.79. The molecule has 5 heteroatoms. The Morgan fingerprint density at radius 3 is 2.67 bits per heavy atom. The molecule has 2 atom stereocenters. The van der Waals surface area contributed by atoms with Crippen LogP contribution in [0.5, 0.6) is 0 Å². The quantitative estimate of drug-likeness (QED) is 0.438. The molecule has 0 radical (unpaired) electrons. The zero-order chi connectivity index (χ0) is 10.7. The first kappa shape index (κ1) is 10.7. The highest BCUT2D eigenvalue weighted by molar-refractivity contribution is 5.78. The number of aliphatic hydroxyl groups is 1. The van der Waals surface area contributed by atoms with Crippen LogP contribution in [0.2, 0.25) is 0 Å². The van der Waals surface area contributed by atoms with Gasteiger partial charge < -0.3 is 20.9 Å². The number of rotatable bonds is 4. The van der Waals surface area contributed by atoms with E-state index in [4.69, 9.17) is 15.6 Å². The molecule has 2 fully saturated rings. The molecular formula is C10H19N3O2. The van der Waals surface area contributed by atoms with Crippen molar-refractivity contribution in [1.82, 2.24) is 5.32 Å². The van der Waals surface area contributed by atoms with Crippen molar-refractivity contribution < 1.29 is 9.84 Å². The van der Waals surface area contributed by atoms with Gasteiger partial charge in [0.2, 0.25) is 0 Å². The molecular weight excluding hydrogens is 194 g/mol. The zero-order valence-electron chi connectivity index (χ0n) is 8.85. The molecule has 0 unspecified atom stereocenters. The van der Waals surface area contributed by atoms with Gasteiger partial charge in [-0.05, 0) is 25.7 Å². The van der Waals surface area contributed by atoms with Gasteiger partial charge in [0.25, 0.3) is 0 Å². The maximum absolute atomic E-state index is 8.89. The van der Waals surface area contributed by atoms with Crippen LogP contribution in [0.3, 0.4) is 0 Å². The van der Waals surface area contributed by atoms with Crippen LogP contribution in [0.15, 0.2) is 4.99 Å². The number of guanidine groups is 1. The Hall–Kier alpha value is -0.810. The van der Waals surface area contributed by atoms with E-state index < -0.39 is 0 Å². The number of hydrogen-bond donors (Lipinski definition) is 3. The van der Waals surface area contributed by atoms with Gasteiger partial charge in [-0.1, -0.05) is 0 Å². The highest BCUT2D eigenvalue weighted by Crippen LogP contribution is 2.20. The fourth-order valence-corrected chi connectivity index (χ4v) is 1.73. The molecule has 0 aromatic carbocycles. The maximum atomic E-state index is 8.89. The van der Waals surface area contributed by atoms with E-state index in [0.29, 0.717) is 18.5 Å². The number of nitrogens with two attached hydrogens (primary N) is 1. The summed E-state index contributed by atoms with van der Waals surface area (Å²) in [5.74, 6) is 0.522. The smallest absolute Gasteiger partial charge is 0.188 e. The van der Waals surface area contributed by atoms with Crippen molar-refractivity contribution in [2.75, 3.05) is 13.2 Å². The zero-order valence-corrected chi connectivity index (χ0v) is 8.85. The molecule has 1 saturated heterocycles. The minimum absolute atomic E-state index is 0.00261. The lowest BCUT2D eigenvalue weighted by atomic mass is 10.2. The van der Waals surface area contributed by atoms with Crippen molar-refractivity contribution in [2.24, 2.45) is 10.7 Å². The Balaban J connectivity index is 1.67. The van der Waals surface area contributed by atoms with Crippen LogP contribution in [-0.2, 0) is 4.74 Å². The lowest BCUT2D eigenvalue weighted by Gasteiger charge is -2.10. The summed E-state index contributed by atoms with van der Waals surface area (Å²) in [4.78, 5) is 4.23. The van der Waals surface area contributed by atoms with E-state index in [1.54, 1.807) is 0 Å². The summed E-state index contributed by atoms with van der Waals surface area (Å²) in [6, 6.07) is 0.545. The Morgan fingerprint density at radius 2 is 2.07 bits per heavy atom. The molecule has 0 aromatic heterocycles. The molecule has 1 aliphatic carbocycles. The maximum Gasteiger partial charge on any atom is 0.188 e. The number of ether oxygens (including phenoxy) is 1. The first-order valence-corrected chi connectivity index (χ1v) is 5.60. The molecule has 1 aliphatic heterocycles. The van der Waals surface area contributed by atoms with Gasteiger partial charge in [0, 0.05) is 6.04 Å². The molecule has 1 saturated carbocycles. The summed E-state index contributed by atoms with van der Waals surface area (Å²) in [6.45, 7) is 0.706. The van der Waals surface area contributed by atoms with Crippen LogP contribution in [0.4, 0.5) is 0 Å². The SMILES string of the molecule is NC(=NC[C@H]1CC[C@@H](CO)O1)NC1CC1. The molecule has 1 heterocycles. The molecule has 0 spiro atoms. The van der Waals surface area contributed by atoms with Crippen LogP contribution in [0, 0.1) is 0 Å². The molecule has 2 rings (SSSR count). The third kappa shape index (κ3) is 3.35. The topological polar surface area (TPSA) is 79.9 Å². The molecule has 15 heavy (non-hydrogen) atoms. The van der Waals surface area contributed by atoms with Gasteiger partial charge in [0.15, 0.2) is 5.96 Å². The van der Waals surface area contributed by atoms with Crippen molar-refractivity contribution in [2.45, 2.75) is 43.9 Å². The van der Waals surface area contributed by atoms with E-state index in [9.17, 15) is 0 Å². The fraction of sp³-hybridized carbons (Fsp3) is 0.900. The number of nitrogens with one attached hydrogen (secondary N) is 1. The van der Waals surface area contributed by atoms with Crippen molar-refractivity contribution in [3.8, 4) is 0 Å². The van der Waals surface area contributed by atoms with Crippen molar-refractivity contribution in [3.63, 3.8) is 0 Å². The molecule has 0 amide bonds. The highest BCUT2D eigenvalue weighted by atomic mass is 16.5. The van der Waals surface area contributed by atoms with E-state index in [0.717, 1.165) is 12.8 Å². The number of aliphatic hydroxyl groups excluding tert-OH is 1. The summed E-state index contributed by atoms with van der Waals surface area (Å²) in [5.41, 5.74) is 5.69. The largest absolute Gasteiger partial charge is 0.394 e. The lowest BCUT2D eigenvalue weighted by molar-refractivity contribution is 0.0160. The van der Waals surface area contributed by atoms with E-state index in [1.807, 2.05) is 0 Å². The van der Waals surface area contributed by atoms with Crippen molar-refractivity contribution >= 4 is 5.96 Å². The predicted octanol–water partition coefficient (Wildman–Crippen LogP) is -0.407. The molecule has 5 nitrogen and oxygen atoms in total. The monoisotopic (exact) mass is 213 g/mol. The molecule has 86 valence electrons. The van der Waals surface area contributed by atoms with E-state index in [-0.39, 0.29) is 18.8 Å². The summed E-state index contributed by atoms with van der Waals surface area (Å²) in [6.07, 6.45) is 4.41. The summed E-state index contributed by atoms with van der Waals surface area (Å²) in [7, 11) is 0. The van der Waals surface area contributed by atoms with Gasteiger partial charge in [0.1, 0.15) is 0 Å². The average Bonchev–Trinajstić information content (AvgIpc) is 2.92. The van der Waals surface area contributed by atoms with Crippen LogP contribution in [0.1, 0.15) is 25.7 Å². The summed E-state index contributed by atoms with van der Waals surface area (Å²) in [5, 5.41) is 12.0. The first-order chi connectivity index (χ1) is 7.28. The Labute approximate surface area is 89.7 Å². The Morgan fingerprint density at radius 1 is 1.33 bits per heavy atom. The normalized spacial score (nSPS) is 31.9. The van der Waals surface area contributed by atoms with E-state index in [2.05, 4.69) is 10.3 Å². The standard InChI is InChI=1S/C10H19N3O2/c11-10(13-7-1-2-7)12-5-8-3-4-9(6-14)15-8/h7-9,14H,1-6H2,(H3,11,12,13)/t8-,9+/m1/s1. The second kappa shape index (κ2) is 4.81. The van der Waals surface area contributed by atoms with Gasteiger partial charge in [-0.2, -0.15) is 0 Å². The summed E-state index contributed by atoms with van der Waals surface area (Å²) >= 11 is 0. The minimum Gasteiger partial charge on any atom is -0.394 e. The van der Waals surface area contributed by atoms with Crippen LogP contribution in [0.25, 0.3) is 0 Å². The number of aliphatic imine (C=N–C) groups is 1. The number of hydrogen-bond acceptors (Lipinski definition) is 3. The van der Waals surface area contributed by atoms with Gasteiger partial charge in [0.05, 0.1) is 25.4 Å². The number of nitrogens with zero attached hydrogens (tertiary/aromatic N) is 1. The second-order valence-corrected chi connectivity index (χ2v) is 4.28. The molecule has 0 aromatic rings. The van der Waals surface area contributed by atoms with E-state index in [1.165, 1.54) is 12.8 Å². The predicted molar refractivity (Wildman–Crippen MR) is 57.6 cm³/mol. The second-order valence-electron chi connectivity index (χ2n) is 4.28. The molecule has 2 aliphatic rings. The minimum atomic E-state index is 0.00261. The van der Waals surface area contributed by atoms with Gasteiger partial charge >= 0.3 is 0 Å². The lowest BCUT2D eigenvalue weighted by Crippen LogP contribution is -2.34. The Bertz CT molecular complexity index is 241. The van der Waals surface area contributed by atoms with Gasteiger partial charge in [-0.25, -0.2) is 0 Å². The van der Waals surface area contributed by atoms with Gasteiger partial charge in [-0.3, -0.25) is 4.99 Å². The van der Waals surface area contributed by atoms with Crippen molar-refractivity contribution in [3.05, 3.63) is 0 Å². The Kier molecular flexibility index (Phi) is 3.43. The molecule has 4 N–H and O–H groups in total. The highest BCUT2D eigenvalue weighted by Gasteiger charge is 2.25. The fourth-order valence-electron chi connectivity index (χ4n) is 1.73. The van der Waals surface area contributed by atoms with Gasteiger partial charge in [-0.15, -0.1) is 0 Å². The summed E-state index contributed by atoms with van der Waals surface area (Å²) < 4.78 is 5.54. The van der Waals surface area contributed by atoms with Crippen LogP contribution < -0.4 is 11.1 Å². The third-order valence-electron chi connectivity index (χ3n) is 2.79. The van der Waals surface area contributed by atoms with Crippen LogP contribution >= 0.6 is 0 Å². The van der Waals surface area contributed by atoms with E-state index >= 15 is 0 Å². The first-order valence-electron chi connectivity index (χ1n) is 5.60.